The van der Waals surface area contributed by atoms with Crippen LogP contribution < -0.4 is 14.5 Å². The maximum Gasteiger partial charge on any atom is 0.305 e. The van der Waals surface area contributed by atoms with Gasteiger partial charge in [0.1, 0.15) is 19.0 Å². The van der Waals surface area contributed by atoms with Gasteiger partial charge in [0.25, 0.3) is 0 Å². The number of anilines is 6. The van der Waals surface area contributed by atoms with Crippen LogP contribution in [0.2, 0.25) is 0 Å². The third-order valence-corrected chi connectivity index (χ3v) is 12.9. The van der Waals surface area contributed by atoms with E-state index in [0.717, 1.165) is 82.2 Å². The van der Waals surface area contributed by atoms with Crippen LogP contribution in [0.5, 0.6) is 5.75 Å². The highest BCUT2D eigenvalue weighted by Crippen LogP contribution is 2.38. The van der Waals surface area contributed by atoms with E-state index in [1.807, 2.05) is 49.4 Å². The topological polar surface area (TPSA) is 42.0 Å². The standard InChI is InChI=1S/C63H62N2O3/c1-7-49-26-38-62(39-27-49)67-43-54-22-34-58(35-23-54)64(60-28-12-45(3)47(5)40-60)56-30-18-50(19-31-56)14-16-52-10-9-11-53(42-52)17-15-51-20-32-57(33-21-51)65(61-29-13-46(4)48(6)41-61)59-36-24-55(25-37-59)44-68-63(66)8-2/h7,9-13,18-42H,1,8,14-17,43-44H2,2-6H3. The van der Waals surface area contributed by atoms with Crippen LogP contribution >= 0.6 is 0 Å². The van der Waals surface area contributed by atoms with Gasteiger partial charge < -0.3 is 19.3 Å². The second kappa shape index (κ2) is 22.2. The van der Waals surface area contributed by atoms with Crippen molar-refractivity contribution in [3.63, 3.8) is 0 Å². The van der Waals surface area contributed by atoms with Crippen LogP contribution in [0.1, 0.15) is 74.5 Å². The van der Waals surface area contributed by atoms with Crippen LogP contribution in [0, 0.1) is 27.7 Å². The summed E-state index contributed by atoms with van der Waals surface area (Å²) in [6.07, 6.45) is 6.08. The van der Waals surface area contributed by atoms with Crippen LogP contribution in [0.25, 0.3) is 6.08 Å². The molecule has 0 radical (unpaired) electrons. The van der Waals surface area contributed by atoms with Gasteiger partial charge in [-0.05, 0) is 200 Å². The molecule has 5 nitrogen and oxygen atoms in total. The van der Waals surface area contributed by atoms with Gasteiger partial charge in [0.15, 0.2) is 0 Å². The normalized spacial score (nSPS) is 11.0. The minimum Gasteiger partial charge on any atom is -0.489 e. The highest BCUT2D eigenvalue weighted by Gasteiger charge is 2.16. The van der Waals surface area contributed by atoms with Crippen molar-refractivity contribution in [2.45, 2.75) is 79.9 Å². The summed E-state index contributed by atoms with van der Waals surface area (Å²) < 4.78 is 11.5. The SMILES string of the molecule is C=Cc1ccc(OCc2ccc(N(c3ccc(CCc4cccc(CCc5ccc(N(c6ccc(COC(=O)CC)cc6)c6ccc(C)c(C)c6)cc5)c4)cc3)c3ccc(C)c(C)c3)cc2)cc1. The van der Waals surface area contributed by atoms with Crippen molar-refractivity contribution in [2.24, 2.45) is 0 Å². The van der Waals surface area contributed by atoms with E-state index in [4.69, 9.17) is 9.47 Å². The molecule has 0 bridgehead atoms. The first-order valence-corrected chi connectivity index (χ1v) is 23.8. The van der Waals surface area contributed by atoms with E-state index in [0.29, 0.717) is 13.0 Å². The van der Waals surface area contributed by atoms with E-state index in [9.17, 15) is 4.79 Å². The van der Waals surface area contributed by atoms with Gasteiger partial charge in [-0.2, -0.15) is 0 Å². The van der Waals surface area contributed by atoms with Gasteiger partial charge in [-0.3, -0.25) is 4.79 Å². The maximum atomic E-state index is 11.8. The molecule has 5 heteroatoms. The summed E-state index contributed by atoms with van der Waals surface area (Å²) in [6.45, 7) is 15.1. The van der Waals surface area contributed by atoms with E-state index in [-0.39, 0.29) is 12.6 Å². The molecule has 8 aromatic rings. The number of carbonyl (C=O) groups is 1. The first-order valence-electron chi connectivity index (χ1n) is 23.8. The molecule has 0 amide bonds. The molecule has 0 atom stereocenters. The number of hydrogen-bond acceptors (Lipinski definition) is 5. The number of carbonyl (C=O) groups excluding carboxylic acids is 1. The number of esters is 1. The molecular formula is C63H62N2O3. The summed E-state index contributed by atoms with van der Waals surface area (Å²) in [5.74, 6) is 0.651. The lowest BCUT2D eigenvalue weighted by Gasteiger charge is -2.26. The molecule has 0 saturated heterocycles. The van der Waals surface area contributed by atoms with Gasteiger partial charge in [-0.25, -0.2) is 0 Å². The minimum atomic E-state index is -0.192. The molecule has 8 aromatic carbocycles. The van der Waals surface area contributed by atoms with Crippen LogP contribution in [-0.4, -0.2) is 5.97 Å². The molecule has 68 heavy (non-hydrogen) atoms. The Kier molecular flexibility index (Phi) is 15.3. The quantitative estimate of drug-likeness (QED) is 0.0757. The minimum absolute atomic E-state index is 0.192. The summed E-state index contributed by atoms with van der Waals surface area (Å²) in [5.41, 5.74) is 20.1. The number of aryl methyl sites for hydroxylation is 8. The Morgan fingerprint density at radius 3 is 1.25 bits per heavy atom. The summed E-state index contributed by atoms with van der Waals surface area (Å²) in [6, 6.07) is 65.4. The van der Waals surface area contributed by atoms with Gasteiger partial charge in [0, 0.05) is 40.5 Å². The Morgan fingerprint density at radius 2 is 0.838 bits per heavy atom. The predicted octanol–water partition coefficient (Wildman–Crippen LogP) is 16.1. The Bertz CT molecular complexity index is 2940. The fourth-order valence-corrected chi connectivity index (χ4v) is 8.38. The molecule has 0 aliphatic rings. The van der Waals surface area contributed by atoms with E-state index >= 15 is 0 Å². The van der Waals surface area contributed by atoms with Gasteiger partial charge >= 0.3 is 5.97 Å². The van der Waals surface area contributed by atoms with Crippen molar-refractivity contribution in [1.82, 2.24) is 0 Å². The van der Waals surface area contributed by atoms with Crippen molar-refractivity contribution in [1.29, 1.82) is 0 Å². The second-order valence-electron chi connectivity index (χ2n) is 17.8. The number of rotatable bonds is 19. The number of benzene rings is 8. The highest BCUT2D eigenvalue weighted by molar-refractivity contribution is 5.78. The Labute approximate surface area is 404 Å². The lowest BCUT2D eigenvalue weighted by Crippen LogP contribution is -2.11. The molecule has 0 heterocycles. The first kappa shape index (κ1) is 46.9. The molecule has 0 aliphatic heterocycles. The molecule has 0 aliphatic carbocycles. The monoisotopic (exact) mass is 894 g/mol. The van der Waals surface area contributed by atoms with Crippen molar-refractivity contribution in [3.8, 4) is 5.75 Å². The predicted molar refractivity (Wildman–Crippen MR) is 283 cm³/mol. The summed E-state index contributed by atoms with van der Waals surface area (Å²) >= 11 is 0. The summed E-state index contributed by atoms with van der Waals surface area (Å²) in [7, 11) is 0. The fourth-order valence-electron chi connectivity index (χ4n) is 8.38. The van der Waals surface area contributed by atoms with E-state index < -0.39 is 0 Å². The third kappa shape index (κ3) is 12.0. The fraction of sp³-hybridized carbons (Fsp3) is 0.190. The molecule has 342 valence electrons. The molecule has 0 saturated carbocycles. The molecule has 0 unspecified atom stereocenters. The smallest absolute Gasteiger partial charge is 0.305 e. The average molecular weight is 895 g/mol. The summed E-state index contributed by atoms with van der Waals surface area (Å²) in [5, 5.41) is 0. The Hall–Kier alpha value is -7.63. The number of nitrogens with zero attached hydrogens (tertiary/aromatic N) is 2. The molecule has 0 spiro atoms. The zero-order chi connectivity index (χ0) is 47.4. The largest absolute Gasteiger partial charge is 0.489 e. The summed E-state index contributed by atoms with van der Waals surface area (Å²) in [4.78, 5) is 16.4. The highest BCUT2D eigenvalue weighted by atomic mass is 16.5. The van der Waals surface area contributed by atoms with Crippen LogP contribution in [0.15, 0.2) is 189 Å². The Balaban J connectivity index is 0.902. The van der Waals surface area contributed by atoms with Crippen LogP contribution in [0.4, 0.5) is 34.1 Å². The zero-order valence-corrected chi connectivity index (χ0v) is 40.2. The second-order valence-corrected chi connectivity index (χ2v) is 17.8. The van der Waals surface area contributed by atoms with E-state index in [1.165, 1.54) is 44.5 Å². The van der Waals surface area contributed by atoms with E-state index in [2.05, 4.69) is 190 Å². The lowest BCUT2D eigenvalue weighted by molar-refractivity contribution is -0.144. The van der Waals surface area contributed by atoms with Crippen molar-refractivity contribution >= 4 is 46.2 Å². The Morgan fingerprint density at radius 1 is 0.441 bits per heavy atom. The molecule has 0 fully saturated rings. The number of hydrogen-bond donors (Lipinski definition) is 0. The molecule has 0 aromatic heterocycles. The number of ether oxygens (including phenoxy) is 2. The lowest BCUT2D eigenvalue weighted by atomic mass is 9.99. The van der Waals surface area contributed by atoms with Crippen molar-refractivity contribution in [2.75, 3.05) is 9.80 Å². The van der Waals surface area contributed by atoms with Crippen LogP contribution in [-0.2, 0) is 48.4 Å². The van der Waals surface area contributed by atoms with Crippen molar-refractivity contribution in [3.05, 3.63) is 250 Å². The molecular weight excluding hydrogens is 833 g/mol. The van der Waals surface area contributed by atoms with Gasteiger partial charge in [0.05, 0.1) is 0 Å². The first-order chi connectivity index (χ1) is 33.1. The zero-order valence-electron chi connectivity index (χ0n) is 40.2. The maximum absolute atomic E-state index is 11.8. The average Bonchev–Trinajstić information content (AvgIpc) is 3.37. The van der Waals surface area contributed by atoms with E-state index in [1.54, 1.807) is 0 Å². The van der Waals surface area contributed by atoms with Gasteiger partial charge in [0.2, 0.25) is 0 Å². The third-order valence-electron chi connectivity index (χ3n) is 12.9. The van der Waals surface area contributed by atoms with Crippen molar-refractivity contribution < 1.29 is 14.3 Å². The van der Waals surface area contributed by atoms with Crippen LogP contribution in [0.3, 0.4) is 0 Å². The van der Waals surface area contributed by atoms with Gasteiger partial charge in [-0.1, -0.05) is 117 Å². The molecule has 8 rings (SSSR count). The van der Waals surface area contributed by atoms with Gasteiger partial charge in [-0.15, -0.1) is 0 Å². The molecule has 0 N–H and O–H groups in total.